The van der Waals surface area contributed by atoms with Crippen molar-refractivity contribution < 1.29 is 9.90 Å². The van der Waals surface area contributed by atoms with Crippen LogP contribution in [0, 0.1) is 17.3 Å². The van der Waals surface area contributed by atoms with Crippen molar-refractivity contribution in [2.24, 2.45) is 5.41 Å². The van der Waals surface area contributed by atoms with Gasteiger partial charge in [0.25, 0.3) is 5.91 Å². The van der Waals surface area contributed by atoms with E-state index in [-0.39, 0.29) is 17.9 Å². The van der Waals surface area contributed by atoms with Crippen LogP contribution in [0.15, 0.2) is 12.1 Å². The van der Waals surface area contributed by atoms with E-state index in [0.29, 0.717) is 17.8 Å². The van der Waals surface area contributed by atoms with Crippen LogP contribution in [0.3, 0.4) is 0 Å². The van der Waals surface area contributed by atoms with Crippen LogP contribution in [0.5, 0.6) is 0 Å². The van der Waals surface area contributed by atoms with E-state index >= 15 is 0 Å². The van der Waals surface area contributed by atoms with Gasteiger partial charge in [0, 0.05) is 19.5 Å². The van der Waals surface area contributed by atoms with Gasteiger partial charge in [0.1, 0.15) is 0 Å². The minimum Gasteiger partial charge on any atom is -0.395 e. The molecule has 1 aromatic heterocycles. The molecule has 1 amide bonds. The van der Waals surface area contributed by atoms with E-state index in [1.54, 1.807) is 6.07 Å². The highest BCUT2D eigenvalue weighted by Gasteiger charge is 2.20. The van der Waals surface area contributed by atoms with Crippen molar-refractivity contribution >= 4 is 17.2 Å². The van der Waals surface area contributed by atoms with Gasteiger partial charge in [-0.2, -0.15) is 0 Å². The summed E-state index contributed by atoms with van der Waals surface area (Å²) in [6.07, 6.45) is 0.457. The molecular formula is C16H24N2O2S. The minimum atomic E-state index is -0.0537. The molecule has 0 aliphatic carbocycles. The number of rotatable bonds is 6. The van der Waals surface area contributed by atoms with Gasteiger partial charge < -0.3 is 15.3 Å². The maximum atomic E-state index is 12.1. The van der Waals surface area contributed by atoms with Crippen LogP contribution in [0.2, 0.25) is 0 Å². The molecule has 1 aromatic rings. The van der Waals surface area contributed by atoms with Gasteiger partial charge in [-0.1, -0.05) is 25.7 Å². The zero-order chi connectivity index (χ0) is 15.9. The van der Waals surface area contributed by atoms with Gasteiger partial charge in [0.05, 0.1) is 16.4 Å². The maximum Gasteiger partial charge on any atom is 0.261 e. The van der Waals surface area contributed by atoms with E-state index in [9.17, 15) is 4.79 Å². The molecule has 0 aliphatic rings. The topological polar surface area (TPSA) is 52.6 Å². The van der Waals surface area contributed by atoms with Gasteiger partial charge in [-0.15, -0.1) is 11.3 Å². The minimum absolute atomic E-state index is 0.0280. The Bertz CT molecular complexity index is 524. The van der Waals surface area contributed by atoms with Crippen molar-refractivity contribution in [3.63, 3.8) is 0 Å². The molecule has 1 heterocycles. The summed E-state index contributed by atoms with van der Waals surface area (Å²) in [5.74, 6) is 5.74. The summed E-state index contributed by atoms with van der Waals surface area (Å²) in [5, 5.41) is 11.7. The van der Waals surface area contributed by atoms with Crippen LogP contribution in [-0.2, 0) is 0 Å². The first-order chi connectivity index (χ1) is 9.84. The summed E-state index contributed by atoms with van der Waals surface area (Å²) in [7, 11) is 4.06. The number of thiophene rings is 1. The Morgan fingerprint density at radius 3 is 2.76 bits per heavy atom. The fraction of sp³-hybridized carbons (Fsp3) is 0.562. The number of nitrogens with one attached hydrogen (secondary N) is 1. The first-order valence-corrected chi connectivity index (χ1v) is 7.78. The van der Waals surface area contributed by atoms with E-state index in [4.69, 9.17) is 5.11 Å². The lowest BCUT2D eigenvalue weighted by molar-refractivity contribution is 0.0933. The zero-order valence-electron chi connectivity index (χ0n) is 13.2. The Kier molecular flexibility index (Phi) is 6.90. The number of aliphatic hydroxyl groups excluding tert-OH is 1. The summed E-state index contributed by atoms with van der Waals surface area (Å²) in [4.78, 5) is 15.8. The van der Waals surface area contributed by atoms with E-state index in [2.05, 4.69) is 35.9 Å². The summed E-state index contributed by atoms with van der Waals surface area (Å²) in [6, 6.07) is 3.64. The standard InChI is InChI=1S/C16H24N2O2S/c1-16(2,12-18(3)4)11-17-15(20)14-9-8-13(21-14)7-5-6-10-19/h8-9,19H,6,10-12H2,1-4H3,(H,17,20). The Balaban J connectivity index is 2.55. The quantitative estimate of drug-likeness (QED) is 0.788. The number of aliphatic hydroxyl groups is 1. The zero-order valence-corrected chi connectivity index (χ0v) is 14.0. The molecule has 0 fully saturated rings. The average Bonchev–Trinajstić information content (AvgIpc) is 2.84. The molecule has 2 N–H and O–H groups in total. The molecule has 0 saturated carbocycles. The molecule has 4 nitrogen and oxygen atoms in total. The Hall–Kier alpha value is -1.35. The Labute approximate surface area is 131 Å². The predicted octanol–water partition coefficient (Wildman–Crippen LogP) is 1.80. The van der Waals surface area contributed by atoms with Gasteiger partial charge in [0.15, 0.2) is 0 Å². The normalized spacial score (nSPS) is 11.1. The molecule has 5 heteroatoms. The number of carbonyl (C=O) groups excluding carboxylic acids is 1. The maximum absolute atomic E-state index is 12.1. The highest BCUT2D eigenvalue weighted by atomic mass is 32.1. The smallest absolute Gasteiger partial charge is 0.261 e. The molecule has 0 aromatic carbocycles. The number of amides is 1. The lowest BCUT2D eigenvalue weighted by Crippen LogP contribution is -2.39. The second kappa shape index (κ2) is 8.18. The van der Waals surface area contributed by atoms with Crippen LogP contribution in [0.1, 0.15) is 34.8 Å². The molecule has 0 spiro atoms. The summed E-state index contributed by atoms with van der Waals surface area (Å²) in [6.45, 7) is 5.87. The van der Waals surface area contributed by atoms with E-state index in [0.717, 1.165) is 11.4 Å². The Morgan fingerprint density at radius 2 is 2.14 bits per heavy atom. The van der Waals surface area contributed by atoms with Crippen LogP contribution in [0.4, 0.5) is 0 Å². The fourth-order valence-corrected chi connectivity index (χ4v) is 2.85. The van der Waals surface area contributed by atoms with E-state index in [1.165, 1.54) is 11.3 Å². The monoisotopic (exact) mass is 308 g/mol. The second-order valence-corrected chi connectivity index (χ2v) is 7.11. The van der Waals surface area contributed by atoms with E-state index in [1.807, 2.05) is 20.2 Å². The van der Waals surface area contributed by atoms with Gasteiger partial charge in [-0.05, 0) is 31.6 Å². The van der Waals surface area contributed by atoms with Crippen LogP contribution >= 0.6 is 11.3 Å². The molecule has 0 bridgehead atoms. The summed E-state index contributed by atoms with van der Waals surface area (Å²) < 4.78 is 0. The highest BCUT2D eigenvalue weighted by Crippen LogP contribution is 2.17. The van der Waals surface area contributed by atoms with Crippen LogP contribution in [-0.4, -0.2) is 49.7 Å². The van der Waals surface area contributed by atoms with Crippen molar-refractivity contribution in [3.8, 4) is 11.8 Å². The van der Waals surface area contributed by atoms with Gasteiger partial charge in [0.2, 0.25) is 0 Å². The number of hydrogen-bond acceptors (Lipinski definition) is 4. The first kappa shape index (κ1) is 17.7. The Morgan fingerprint density at radius 1 is 1.43 bits per heavy atom. The van der Waals surface area contributed by atoms with Crippen LogP contribution < -0.4 is 5.32 Å². The largest absolute Gasteiger partial charge is 0.395 e. The third-order valence-electron chi connectivity index (χ3n) is 2.75. The molecule has 116 valence electrons. The van der Waals surface area contributed by atoms with Crippen molar-refractivity contribution in [3.05, 3.63) is 21.9 Å². The van der Waals surface area contributed by atoms with Gasteiger partial charge in [-0.3, -0.25) is 4.79 Å². The first-order valence-electron chi connectivity index (χ1n) is 6.96. The molecule has 0 radical (unpaired) electrons. The molecule has 0 atom stereocenters. The lowest BCUT2D eigenvalue weighted by Gasteiger charge is -2.28. The SMILES string of the molecule is CN(C)CC(C)(C)CNC(=O)c1ccc(C#CCCO)s1. The van der Waals surface area contributed by atoms with E-state index < -0.39 is 0 Å². The molecule has 21 heavy (non-hydrogen) atoms. The van der Waals surface area contributed by atoms with Gasteiger partial charge in [-0.25, -0.2) is 0 Å². The van der Waals surface area contributed by atoms with Crippen molar-refractivity contribution in [2.45, 2.75) is 20.3 Å². The number of carbonyl (C=O) groups is 1. The van der Waals surface area contributed by atoms with Crippen LogP contribution in [0.25, 0.3) is 0 Å². The molecule has 0 unspecified atom stereocenters. The second-order valence-electron chi connectivity index (χ2n) is 6.02. The average molecular weight is 308 g/mol. The summed E-state index contributed by atoms with van der Waals surface area (Å²) >= 11 is 1.38. The lowest BCUT2D eigenvalue weighted by atomic mass is 9.93. The van der Waals surface area contributed by atoms with Gasteiger partial charge >= 0.3 is 0 Å². The molecule has 1 rings (SSSR count). The van der Waals surface area contributed by atoms with Crippen molar-refractivity contribution in [2.75, 3.05) is 33.8 Å². The fourth-order valence-electron chi connectivity index (χ4n) is 2.05. The molecule has 0 saturated heterocycles. The third-order valence-corrected chi connectivity index (χ3v) is 3.75. The third kappa shape index (κ3) is 6.76. The van der Waals surface area contributed by atoms with Crippen molar-refractivity contribution in [1.29, 1.82) is 0 Å². The summed E-state index contributed by atoms with van der Waals surface area (Å²) in [5.41, 5.74) is 0.0280. The molecular weight excluding hydrogens is 284 g/mol. The predicted molar refractivity (Wildman–Crippen MR) is 87.6 cm³/mol. The molecule has 0 aliphatic heterocycles. The number of nitrogens with zero attached hydrogens (tertiary/aromatic N) is 1. The highest BCUT2D eigenvalue weighted by molar-refractivity contribution is 7.14. The van der Waals surface area contributed by atoms with Crippen molar-refractivity contribution in [1.82, 2.24) is 10.2 Å². The number of hydrogen-bond donors (Lipinski definition) is 2.